The van der Waals surface area contributed by atoms with Gasteiger partial charge in [0.15, 0.2) is 0 Å². The van der Waals surface area contributed by atoms with Crippen molar-refractivity contribution in [3.05, 3.63) is 45.6 Å². The SMILES string of the molecule is CC1=[C-]C(C)C(C)=C1C.CC1=[C-]C(C)C(C)=C1C.C[C](C)=[Ti+2]. The van der Waals surface area contributed by atoms with Gasteiger partial charge in [0.05, 0.1) is 0 Å². The van der Waals surface area contributed by atoms with E-state index in [-0.39, 0.29) is 0 Å². The first-order valence-corrected chi connectivity index (χ1v) is 8.84. The van der Waals surface area contributed by atoms with Crippen molar-refractivity contribution in [1.82, 2.24) is 0 Å². The first-order chi connectivity index (χ1) is 9.98. The van der Waals surface area contributed by atoms with Crippen LogP contribution in [0.1, 0.15) is 69.2 Å². The predicted octanol–water partition coefficient (Wildman–Crippen LogP) is 6.19. The normalized spacial score (nSPS) is 23.5. The molecule has 0 amide bonds. The molecular formula is C21H32Ti. The molecule has 2 rings (SSSR count). The molecule has 22 heavy (non-hydrogen) atoms. The molecular weight excluding hydrogens is 300 g/mol. The van der Waals surface area contributed by atoms with Crippen molar-refractivity contribution in [1.29, 1.82) is 0 Å². The standard InChI is InChI=1S/2C9H13.C3H6.Ti/c2*1-6-5-7(2)9(4)8(6)3;1-3-2;/h2*6H,1-4H3;1-2H3;/q2*-1;;+2. The topological polar surface area (TPSA) is 0 Å². The first kappa shape index (κ1) is 21.5. The van der Waals surface area contributed by atoms with E-state index in [0.717, 1.165) is 0 Å². The van der Waals surface area contributed by atoms with E-state index < -0.39 is 0 Å². The molecule has 0 saturated carbocycles. The van der Waals surface area contributed by atoms with Crippen molar-refractivity contribution < 1.29 is 20.0 Å². The van der Waals surface area contributed by atoms with E-state index in [1.54, 1.807) is 0 Å². The van der Waals surface area contributed by atoms with Crippen LogP contribution in [0.2, 0.25) is 0 Å². The van der Waals surface area contributed by atoms with Crippen LogP contribution in [-0.2, 0) is 20.0 Å². The summed E-state index contributed by atoms with van der Waals surface area (Å²) in [5.41, 5.74) is 8.49. The maximum absolute atomic E-state index is 3.36. The zero-order chi connectivity index (χ0) is 17.6. The van der Waals surface area contributed by atoms with Gasteiger partial charge in [0.1, 0.15) is 0 Å². The van der Waals surface area contributed by atoms with Gasteiger partial charge in [0.25, 0.3) is 0 Å². The summed E-state index contributed by atoms with van der Waals surface area (Å²) in [6, 6.07) is 0. The molecule has 0 nitrogen and oxygen atoms in total. The second-order valence-corrected chi connectivity index (χ2v) is 8.16. The quantitative estimate of drug-likeness (QED) is 0.366. The molecule has 2 atom stereocenters. The Hall–Kier alpha value is -0.456. The van der Waals surface area contributed by atoms with Crippen LogP contribution in [0.3, 0.4) is 0 Å². The molecule has 0 aromatic heterocycles. The fourth-order valence-corrected chi connectivity index (χ4v) is 2.32. The molecule has 0 aromatic carbocycles. The van der Waals surface area contributed by atoms with Crippen LogP contribution in [0.5, 0.6) is 0 Å². The number of hydrogen-bond acceptors (Lipinski definition) is 0. The Balaban J connectivity index is 0.000000326. The van der Waals surface area contributed by atoms with Crippen LogP contribution in [0, 0.1) is 24.0 Å². The fourth-order valence-electron chi connectivity index (χ4n) is 2.32. The molecule has 0 fully saturated rings. The summed E-state index contributed by atoms with van der Waals surface area (Å²) in [7, 11) is 0. The van der Waals surface area contributed by atoms with Gasteiger partial charge in [-0.15, -0.1) is 13.8 Å². The van der Waals surface area contributed by atoms with Crippen molar-refractivity contribution in [2.45, 2.75) is 69.2 Å². The number of hydrogen-bond donors (Lipinski definition) is 0. The Morgan fingerprint density at radius 1 is 0.727 bits per heavy atom. The van der Waals surface area contributed by atoms with E-state index in [1.165, 1.54) is 37.3 Å². The summed E-state index contributed by atoms with van der Waals surface area (Å²) in [5.74, 6) is 1.12. The van der Waals surface area contributed by atoms with Crippen molar-refractivity contribution >= 4 is 3.81 Å². The van der Waals surface area contributed by atoms with Gasteiger partial charge in [-0.2, -0.15) is 22.3 Å². The summed E-state index contributed by atoms with van der Waals surface area (Å²) in [6.07, 6.45) is 6.72. The molecule has 0 bridgehead atoms. The molecule has 2 aliphatic carbocycles. The number of rotatable bonds is 0. The first-order valence-electron chi connectivity index (χ1n) is 8.06. The molecule has 1 heteroatoms. The van der Waals surface area contributed by atoms with Crippen molar-refractivity contribution in [3.63, 3.8) is 0 Å². The van der Waals surface area contributed by atoms with Gasteiger partial charge in [0.2, 0.25) is 0 Å². The Morgan fingerprint density at radius 2 is 0.955 bits per heavy atom. The van der Waals surface area contributed by atoms with Crippen molar-refractivity contribution in [3.8, 4) is 0 Å². The van der Waals surface area contributed by atoms with Crippen LogP contribution in [0.15, 0.2) is 33.4 Å². The van der Waals surface area contributed by atoms with Crippen molar-refractivity contribution in [2.75, 3.05) is 0 Å². The molecule has 0 aromatic rings. The third kappa shape index (κ3) is 6.75. The second-order valence-electron chi connectivity index (χ2n) is 6.60. The molecule has 2 aliphatic rings. The van der Waals surface area contributed by atoms with E-state index in [9.17, 15) is 0 Å². The molecule has 0 aliphatic heterocycles. The van der Waals surface area contributed by atoms with Gasteiger partial charge in [-0.25, -0.2) is 11.1 Å². The Kier molecular flexibility index (Phi) is 9.43. The average Bonchev–Trinajstić information content (AvgIpc) is 2.75. The molecule has 120 valence electrons. The summed E-state index contributed by atoms with van der Waals surface area (Å²) in [5, 5.41) is 0. The van der Waals surface area contributed by atoms with E-state index in [1.807, 2.05) is 0 Å². The van der Waals surface area contributed by atoms with Gasteiger partial charge < -0.3 is 0 Å². The zero-order valence-electron chi connectivity index (χ0n) is 16.2. The van der Waals surface area contributed by atoms with E-state index in [2.05, 4.69) is 101 Å². The Bertz CT molecular complexity index is 490. The molecule has 0 spiro atoms. The maximum atomic E-state index is 3.36. The minimum absolute atomic E-state index is 0.560. The van der Waals surface area contributed by atoms with E-state index in [4.69, 9.17) is 0 Å². The Morgan fingerprint density at radius 3 is 1.00 bits per heavy atom. The summed E-state index contributed by atoms with van der Waals surface area (Å²) in [6.45, 7) is 21.5. The molecule has 0 radical (unpaired) electrons. The van der Waals surface area contributed by atoms with Gasteiger partial charge in [-0.1, -0.05) is 53.4 Å². The van der Waals surface area contributed by atoms with E-state index in [0.29, 0.717) is 11.8 Å². The monoisotopic (exact) mass is 332 g/mol. The summed E-state index contributed by atoms with van der Waals surface area (Å²) < 4.78 is 1.42. The van der Waals surface area contributed by atoms with Gasteiger partial charge in [-0.05, 0) is 0 Å². The van der Waals surface area contributed by atoms with Crippen molar-refractivity contribution in [2.24, 2.45) is 11.8 Å². The fraction of sp³-hybridized carbons (Fsp3) is 0.571. The predicted molar refractivity (Wildman–Crippen MR) is 96.3 cm³/mol. The van der Waals surface area contributed by atoms with Gasteiger partial charge in [-0.3, -0.25) is 12.2 Å². The zero-order valence-corrected chi connectivity index (χ0v) is 17.7. The molecule has 2 unspecified atom stereocenters. The Labute approximate surface area is 150 Å². The second kappa shape index (κ2) is 9.63. The van der Waals surface area contributed by atoms with E-state index >= 15 is 0 Å². The number of allylic oxidation sites excluding steroid dienone is 8. The van der Waals surface area contributed by atoms with Crippen LogP contribution in [-0.4, -0.2) is 3.81 Å². The van der Waals surface area contributed by atoms with Crippen LogP contribution in [0.25, 0.3) is 0 Å². The van der Waals surface area contributed by atoms with Gasteiger partial charge in [0, 0.05) is 0 Å². The van der Waals surface area contributed by atoms with Gasteiger partial charge >= 0.3 is 37.6 Å². The summed E-state index contributed by atoms with van der Waals surface area (Å²) in [4.78, 5) is 0. The van der Waals surface area contributed by atoms with Crippen LogP contribution in [0.4, 0.5) is 0 Å². The molecule has 0 heterocycles. The minimum atomic E-state index is 0.560. The summed E-state index contributed by atoms with van der Waals surface area (Å²) >= 11 is 2.08. The molecule has 0 saturated heterocycles. The average molecular weight is 332 g/mol. The van der Waals surface area contributed by atoms with Crippen LogP contribution >= 0.6 is 0 Å². The third-order valence-electron chi connectivity index (χ3n) is 4.47. The molecule has 0 N–H and O–H groups in total. The third-order valence-corrected chi connectivity index (χ3v) is 4.47. The van der Waals surface area contributed by atoms with Crippen LogP contribution < -0.4 is 0 Å².